The zero-order valence-electron chi connectivity index (χ0n) is 13.1. The average molecular weight is 277 g/mol. The molecule has 3 heteroatoms. The molecule has 3 nitrogen and oxygen atoms in total. The van der Waals surface area contributed by atoms with Crippen LogP contribution in [0.1, 0.15) is 38.7 Å². The Hall–Kier alpha value is -1.22. The molecule has 1 N–H and O–H groups in total. The highest BCUT2D eigenvalue weighted by atomic mass is 16.5. The molecule has 0 radical (unpaired) electrons. The molecule has 1 fully saturated rings. The fourth-order valence-electron chi connectivity index (χ4n) is 2.94. The first-order chi connectivity index (χ1) is 9.63. The van der Waals surface area contributed by atoms with Crippen LogP contribution in [0.5, 0.6) is 11.5 Å². The van der Waals surface area contributed by atoms with Gasteiger partial charge in [0.1, 0.15) is 0 Å². The van der Waals surface area contributed by atoms with Gasteiger partial charge in [-0.2, -0.15) is 0 Å². The van der Waals surface area contributed by atoms with Gasteiger partial charge in [-0.15, -0.1) is 0 Å². The SMILES string of the molecule is COc1ccc(CC(C)NC(C)C2CCC2)cc1OC. The van der Waals surface area contributed by atoms with Gasteiger partial charge in [0.05, 0.1) is 14.2 Å². The maximum Gasteiger partial charge on any atom is 0.160 e. The second kappa shape index (κ2) is 6.98. The molecular formula is C17H27NO2. The molecule has 1 aliphatic rings. The Morgan fingerprint density at radius 2 is 1.85 bits per heavy atom. The first-order valence-corrected chi connectivity index (χ1v) is 7.61. The number of nitrogens with one attached hydrogen (secondary N) is 1. The summed E-state index contributed by atoms with van der Waals surface area (Å²) >= 11 is 0. The van der Waals surface area contributed by atoms with Gasteiger partial charge < -0.3 is 14.8 Å². The minimum atomic E-state index is 0.476. The summed E-state index contributed by atoms with van der Waals surface area (Å²) in [6, 6.07) is 7.28. The summed E-state index contributed by atoms with van der Waals surface area (Å²) in [5.74, 6) is 2.48. The van der Waals surface area contributed by atoms with Crippen LogP contribution in [0.25, 0.3) is 0 Å². The molecule has 0 spiro atoms. The first kappa shape index (κ1) is 15.2. The van der Waals surface area contributed by atoms with Gasteiger partial charge in [-0.05, 0) is 56.7 Å². The fourth-order valence-corrected chi connectivity index (χ4v) is 2.94. The molecule has 0 heterocycles. The van der Waals surface area contributed by atoms with E-state index in [1.807, 2.05) is 6.07 Å². The molecule has 0 bridgehead atoms. The summed E-state index contributed by atoms with van der Waals surface area (Å²) in [7, 11) is 3.35. The van der Waals surface area contributed by atoms with E-state index in [2.05, 4.69) is 31.3 Å². The van der Waals surface area contributed by atoms with Crippen LogP contribution >= 0.6 is 0 Å². The van der Waals surface area contributed by atoms with E-state index >= 15 is 0 Å². The Morgan fingerprint density at radius 1 is 1.15 bits per heavy atom. The Balaban J connectivity index is 1.91. The molecule has 112 valence electrons. The summed E-state index contributed by atoms with van der Waals surface area (Å²) in [5.41, 5.74) is 1.28. The smallest absolute Gasteiger partial charge is 0.160 e. The highest BCUT2D eigenvalue weighted by molar-refractivity contribution is 5.43. The van der Waals surface area contributed by atoms with E-state index in [4.69, 9.17) is 9.47 Å². The van der Waals surface area contributed by atoms with Crippen molar-refractivity contribution in [2.75, 3.05) is 14.2 Å². The van der Waals surface area contributed by atoms with Crippen LogP contribution in [0.15, 0.2) is 18.2 Å². The minimum absolute atomic E-state index is 0.476. The van der Waals surface area contributed by atoms with Gasteiger partial charge >= 0.3 is 0 Å². The molecule has 2 atom stereocenters. The second-order valence-corrected chi connectivity index (χ2v) is 5.94. The second-order valence-electron chi connectivity index (χ2n) is 5.94. The Bertz CT molecular complexity index is 429. The number of hydrogen-bond acceptors (Lipinski definition) is 3. The lowest BCUT2D eigenvalue weighted by molar-refractivity contribution is 0.229. The van der Waals surface area contributed by atoms with Crippen molar-refractivity contribution < 1.29 is 9.47 Å². The van der Waals surface area contributed by atoms with Crippen LogP contribution in [0.3, 0.4) is 0 Å². The van der Waals surface area contributed by atoms with Gasteiger partial charge in [-0.3, -0.25) is 0 Å². The van der Waals surface area contributed by atoms with Gasteiger partial charge in [0.25, 0.3) is 0 Å². The standard InChI is InChI=1S/C17H27NO2/c1-12(18-13(2)15-6-5-7-15)10-14-8-9-16(19-3)17(11-14)20-4/h8-9,11-13,15,18H,5-7,10H2,1-4H3. The van der Waals surface area contributed by atoms with Crippen molar-refractivity contribution in [1.29, 1.82) is 0 Å². The molecule has 0 aliphatic heterocycles. The van der Waals surface area contributed by atoms with Crippen molar-refractivity contribution >= 4 is 0 Å². The van der Waals surface area contributed by atoms with Gasteiger partial charge in [0.15, 0.2) is 11.5 Å². The summed E-state index contributed by atoms with van der Waals surface area (Å²) < 4.78 is 10.6. The summed E-state index contributed by atoms with van der Waals surface area (Å²) in [5, 5.41) is 3.72. The number of rotatable bonds is 7. The molecule has 2 rings (SSSR count). The van der Waals surface area contributed by atoms with E-state index in [-0.39, 0.29) is 0 Å². The summed E-state index contributed by atoms with van der Waals surface area (Å²) in [6.45, 7) is 4.57. The monoisotopic (exact) mass is 277 g/mol. The third-order valence-corrected chi connectivity index (χ3v) is 4.39. The van der Waals surface area contributed by atoms with Crippen LogP contribution < -0.4 is 14.8 Å². The third-order valence-electron chi connectivity index (χ3n) is 4.39. The number of methoxy groups -OCH3 is 2. The zero-order chi connectivity index (χ0) is 14.5. The molecule has 1 aliphatic carbocycles. The normalized spacial score (nSPS) is 18.2. The quantitative estimate of drug-likeness (QED) is 0.828. The number of benzene rings is 1. The van der Waals surface area contributed by atoms with Crippen molar-refractivity contribution in [2.24, 2.45) is 5.92 Å². The minimum Gasteiger partial charge on any atom is -0.493 e. The van der Waals surface area contributed by atoms with E-state index in [0.717, 1.165) is 23.8 Å². The molecule has 1 aromatic rings. The van der Waals surface area contributed by atoms with Gasteiger partial charge in [-0.25, -0.2) is 0 Å². The summed E-state index contributed by atoms with van der Waals surface area (Å²) in [4.78, 5) is 0. The average Bonchev–Trinajstić information content (AvgIpc) is 2.36. The molecule has 2 unspecified atom stereocenters. The Kier molecular flexibility index (Phi) is 5.30. The molecule has 20 heavy (non-hydrogen) atoms. The Morgan fingerprint density at radius 3 is 2.40 bits per heavy atom. The van der Waals surface area contributed by atoms with E-state index in [0.29, 0.717) is 12.1 Å². The van der Waals surface area contributed by atoms with E-state index in [1.54, 1.807) is 14.2 Å². The highest BCUT2D eigenvalue weighted by Crippen LogP contribution is 2.30. The van der Waals surface area contributed by atoms with Crippen molar-refractivity contribution in [3.63, 3.8) is 0 Å². The lowest BCUT2D eigenvalue weighted by Crippen LogP contribution is -2.42. The first-order valence-electron chi connectivity index (χ1n) is 7.61. The van der Waals surface area contributed by atoms with Crippen molar-refractivity contribution in [2.45, 2.75) is 51.6 Å². The van der Waals surface area contributed by atoms with Crippen LogP contribution in [0.2, 0.25) is 0 Å². The molecular weight excluding hydrogens is 250 g/mol. The molecule has 0 aromatic heterocycles. The molecule has 1 aromatic carbocycles. The number of hydrogen-bond donors (Lipinski definition) is 1. The van der Waals surface area contributed by atoms with Crippen LogP contribution in [-0.4, -0.2) is 26.3 Å². The fraction of sp³-hybridized carbons (Fsp3) is 0.647. The van der Waals surface area contributed by atoms with Gasteiger partial charge in [-0.1, -0.05) is 12.5 Å². The predicted octanol–water partition coefficient (Wildman–Crippen LogP) is 3.41. The van der Waals surface area contributed by atoms with E-state index in [1.165, 1.54) is 24.8 Å². The maximum absolute atomic E-state index is 5.36. The maximum atomic E-state index is 5.36. The van der Waals surface area contributed by atoms with Crippen molar-refractivity contribution in [3.05, 3.63) is 23.8 Å². The molecule has 1 saturated carbocycles. The van der Waals surface area contributed by atoms with Crippen LogP contribution in [0.4, 0.5) is 0 Å². The Labute approximate surface area is 122 Å². The largest absolute Gasteiger partial charge is 0.493 e. The highest BCUT2D eigenvalue weighted by Gasteiger charge is 2.24. The molecule has 0 saturated heterocycles. The van der Waals surface area contributed by atoms with Crippen molar-refractivity contribution in [3.8, 4) is 11.5 Å². The zero-order valence-corrected chi connectivity index (χ0v) is 13.1. The lowest BCUT2D eigenvalue weighted by Gasteiger charge is -2.34. The summed E-state index contributed by atoms with van der Waals surface area (Å²) in [6.07, 6.45) is 5.19. The van der Waals surface area contributed by atoms with Gasteiger partial charge in [0.2, 0.25) is 0 Å². The van der Waals surface area contributed by atoms with Crippen molar-refractivity contribution in [1.82, 2.24) is 5.32 Å². The lowest BCUT2D eigenvalue weighted by atomic mass is 9.80. The predicted molar refractivity (Wildman–Crippen MR) is 82.7 cm³/mol. The number of ether oxygens (including phenoxy) is 2. The van der Waals surface area contributed by atoms with Crippen LogP contribution in [0, 0.1) is 5.92 Å². The topological polar surface area (TPSA) is 30.5 Å². The van der Waals surface area contributed by atoms with E-state index in [9.17, 15) is 0 Å². The van der Waals surface area contributed by atoms with E-state index < -0.39 is 0 Å². The molecule has 0 amide bonds. The third kappa shape index (κ3) is 3.66. The van der Waals surface area contributed by atoms with Crippen LogP contribution in [-0.2, 0) is 6.42 Å². The van der Waals surface area contributed by atoms with Gasteiger partial charge in [0, 0.05) is 12.1 Å².